The Hall–Kier alpha value is -1.03. The van der Waals surface area contributed by atoms with Gasteiger partial charge in [-0.05, 0) is 6.92 Å². The number of hydrogen-bond acceptors (Lipinski definition) is 3. The van der Waals surface area contributed by atoms with Crippen molar-refractivity contribution < 1.29 is 4.74 Å². The normalized spacial score (nSPS) is 10.4. The van der Waals surface area contributed by atoms with Crippen LogP contribution in [0.4, 0.5) is 5.95 Å². The minimum atomic E-state index is 0.555. The fourth-order valence-electron chi connectivity index (χ4n) is 0.934. The zero-order valence-electron chi connectivity index (χ0n) is 6.87. The lowest BCUT2D eigenvalue weighted by atomic mass is 10.5. The van der Waals surface area contributed by atoms with Crippen LogP contribution >= 0.6 is 0 Å². The molecule has 0 radical (unpaired) electrons. The monoisotopic (exact) mass is 155 g/mol. The number of nitrogens with two attached hydrogens (primary N) is 1. The number of hydrogen-bond donors (Lipinski definition) is 1. The van der Waals surface area contributed by atoms with Crippen molar-refractivity contribution in [2.45, 2.75) is 13.5 Å². The topological polar surface area (TPSA) is 53.1 Å². The van der Waals surface area contributed by atoms with Crippen molar-refractivity contribution in [1.82, 2.24) is 9.55 Å². The third kappa shape index (κ3) is 1.94. The van der Waals surface area contributed by atoms with E-state index in [1.807, 2.05) is 17.7 Å². The summed E-state index contributed by atoms with van der Waals surface area (Å²) in [6.45, 7) is 3.35. The second-order valence-electron chi connectivity index (χ2n) is 2.43. The molecule has 1 aromatic rings. The van der Waals surface area contributed by atoms with Crippen molar-refractivity contribution in [3.05, 3.63) is 11.9 Å². The van der Waals surface area contributed by atoms with Gasteiger partial charge in [-0.15, -0.1) is 0 Å². The first kappa shape index (κ1) is 8.07. The maximum atomic E-state index is 5.58. The summed E-state index contributed by atoms with van der Waals surface area (Å²) < 4.78 is 6.78. The first-order chi connectivity index (χ1) is 5.24. The summed E-state index contributed by atoms with van der Waals surface area (Å²) in [5, 5.41) is 0. The Kier molecular flexibility index (Phi) is 2.48. The lowest BCUT2D eigenvalue weighted by Gasteiger charge is -2.01. The number of aromatic nitrogens is 2. The number of nitrogen functional groups attached to an aromatic ring is 1. The molecular weight excluding hydrogens is 142 g/mol. The highest BCUT2D eigenvalue weighted by Crippen LogP contribution is 2.02. The number of imidazole rings is 1. The molecule has 0 bridgehead atoms. The van der Waals surface area contributed by atoms with Gasteiger partial charge in [-0.2, -0.15) is 0 Å². The van der Waals surface area contributed by atoms with Crippen LogP contribution in [0.2, 0.25) is 0 Å². The van der Waals surface area contributed by atoms with E-state index < -0.39 is 0 Å². The van der Waals surface area contributed by atoms with Gasteiger partial charge in [0.15, 0.2) is 5.95 Å². The highest BCUT2D eigenvalue weighted by molar-refractivity contribution is 5.20. The molecule has 0 fully saturated rings. The van der Waals surface area contributed by atoms with Crippen LogP contribution in [-0.2, 0) is 11.3 Å². The van der Waals surface area contributed by atoms with Crippen LogP contribution in [0.3, 0.4) is 0 Å². The summed E-state index contributed by atoms with van der Waals surface area (Å²) in [6.07, 6.45) is 1.91. The van der Waals surface area contributed by atoms with Crippen LogP contribution in [0.1, 0.15) is 5.69 Å². The van der Waals surface area contributed by atoms with Gasteiger partial charge in [0.05, 0.1) is 12.3 Å². The first-order valence-electron chi connectivity index (χ1n) is 3.52. The van der Waals surface area contributed by atoms with E-state index in [4.69, 9.17) is 10.5 Å². The molecule has 62 valence electrons. The van der Waals surface area contributed by atoms with E-state index in [1.165, 1.54) is 0 Å². The van der Waals surface area contributed by atoms with Crippen LogP contribution in [0.5, 0.6) is 0 Å². The van der Waals surface area contributed by atoms with Crippen LogP contribution in [-0.4, -0.2) is 23.3 Å². The van der Waals surface area contributed by atoms with Gasteiger partial charge in [-0.25, -0.2) is 4.98 Å². The largest absolute Gasteiger partial charge is 0.383 e. The average molecular weight is 155 g/mol. The van der Waals surface area contributed by atoms with E-state index in [0.29, 0.717) is 12.6 Å². The first-order valence-corrected chi connectivity index (χ1v) is 3.52. The van der Waals surface area contributed by atoms with Gasteiger partial charge in [0.25, 0.3) is 0 Å². The SMILES string of the molecule is COCCn1cc(C)nc1N. The quantitative estimate of drug-likeness (QED) is 0.688. The summed E-state index contributed by atoms with van der Waals surface area (Å²) in [5.74, 6) is 0.555. The summed E-state index contributed by atoms with van der Waals surface area (Å²) in [7, 11) is 1.67. The second kappa shape index (κ2) is 3.39. The number of aryl methyl sites for hydroxylation is 1. The van der Waals surface area contributed by atoms with Crippen LogP contribution < -0.4 is 5.73 Å². The molecule has 0 aliphatic heterocycles. The van der Waals surface area contributed by atoms with Crippen LogP contribution in [0.15, 0.2) is 6.20 Å². The van der Waals surface area contributed by atoms with E-state index >= 15 is 0 Å². The van der Waals surface area contributed by atoms with E-state index in [-0.39, 0.29) is 0 Å². The Bertz CT molecular complexity index is 232. The molecule has 0 saturated heterocycles. The van der Waals surface area contributed by atoms with Crippen LogP contribution in [0.25, 0.3) is 0 Å². The Morgan fingerprint density at radius 1 is 1.73 bits per heavy atom. The maximum absolute atomic E-state index is 5.58. The van der Waals surface area contributed by atoms with Gasteiger partial charge in [-0.1, -0.05) is 0 Å². The number of rotatable bonds is 3. The molecule has 1 heterocycles. The molecule has 11 heavy (non-hydrogen) atoms. The Balaban J connectivity index is 2.62. The van der Waals surface area contributed by atoms with Crippen molar-refractivity contribution in [2.24, 2.45) is 0 Å². The predicted octanol–water partition coefficient (Wildman–Crippen LogP) is 0.420. The Morgan fingerprint density at radius 2 is 2.45 bits per heavy atom. The fourth-order valence-corrected chi connectivity index (χ4v) is 0.934. The third-order valence-electron chi connectivity index (χ3n) is 1.46. The molecular formula is C7H13N3O. The van der Waals surface area contributed by atoms with Gasteiger partial charge < -0.3 is 15.0 Å². The molecule has 0 saturated carbocycles. The predicted molar refractivity (Wildman–Crippen MR) is 43.3 cm³/mol. The second-order valence-corrected chi connectivity index (χ2v) is 2.43. The van der Waals surface area contributed by atoms with Gasteiger partial charge in [-0.3, -0.25) is 0 Å². The molecule has 0 amide bonds. The molecule has 1 rings (SSSR count). The highest BCUT2D eigenvalue weighted by atomic mass is 16.5. The van der Waals surface area contributed by atoms with Crippen molar-refractivity contribution in [3.8, 4) is 0 Å². The van der Waals surface area contributed by atoms with E-state index in [2.05, 4.69) is 4.98 Å². The van der Waals surface area contributed by atoms with Crippen molar-refractivity contribution >= 4 is 5.95 Å². The lowest BCUT2D eigenvalue weighted by molar-refractivity contribution is 0.188. The Labute approximate surface area is 66.0 Å². The van der Waals surface area contributed by atoms with Gasteiger partial charge in [0.2, 0.25) is 0 Å². The molecule has 0 aromatic carbocycles. The number of ether oxygens (including phenoxy) is 1. The number of nitrogens with zero attached hydrogens (tertiary/aromatic N) is 2. The van der Waals surface area contributed by atoms with E-state index in [9.17, 15) is 0 Å². The van der Waals surface area contributed by atoms with Crippen molar-refractivity contribution in [3.63, 3.8) is 0 Å². The number of anilines is 1. The van der Waals surface area contributed by atoms with Gasteiger partial charge in [0.1, 0.15) is 0 Å². The van der Waals surface area contributed by atoms with Gasteiger partial charge in [0, 0.05) is 19.9 Å². The third-order valence-corrected chi connectivity index (χ3v) is 1.46. The van der Waals surface area contributed by atoms with Crippen LogP contribution in [0, 0.1) is 6.92 Å². The molecule has 0 atom stereocenters. The molecule has 0 aliphatic carbocycles. The maximum Gasteiger partial charge on any atom is 0.200 e. The highest BCUT2D eigenvalue weighted by Gasteiger charge is 1.99. The summed E-state index contributed by atoms with van der Waals surface area (Å²) in [6, 6.07) is 0. The van der Waals surface area contributed by atoms with E-state index in [1.54, 1.807) is 7.11 Å². The summed E-state index contributed by atoms with van der Waals surface area (Å²) in [4.78, 5) is 4.05. The lowest BCUT2D eigenvalue weighted by Crippen LogP contribution is -2.06. The molecule has 1 aromatic heterocycles. The van der Waals surface area contributed by atoms with E-state index in [0.717, 1.165) is 12.2 Å². The molecule has 0 aliphatic rings. The Morgan fingerprint density at radius 3 is 2.91 bits per heavy atom. The van der Waals surface area contributed by atoms with Crippen molar-refractivity contribution in [1.29, 1.82) is 0 Å². The zero-order chi connectivity index (χ0) is 8.27. The minimum Gasteiger partial charge on any atom is -0.383 e. The molecule has 4 heteroatoms. The summed E-state index contributed by atoms with van der Waals surface area (Å²) >= 11 is 0. The zero-order valence-corrected chi connectivity index (χ0v) is 6.87. The molecule has 0 unspecified atom stereocenters. The smallest absolute Gasteiger partial charge is 0.200 e. The van der Waals surface area contributed by atoms with Gasteiger partial charge >= 0.3 is 0 Å². The molecule has 0 spiro atoms. The molecule has 2 N–H and O–H groups in total. The average Bonchev–Trinajstić information content (AvgIpc) is 2.26. The van der Waals surface area contributed by atoms with Crippen molar-refractivity contribution in [2.75, 3.05) is 19.5 Å². The minimum absolute atomic E-state index is 0.555. The standard InChI is InChI=1S/C7H13N3O/c1-6-5-10(3-4-11-2)7(8)9-6/h5H,3-4H2,1-2H3,(H2,8,9). The fraction of sp³-hybridized carbons (Fsp3) is 0.571. The number of methoxy groups -OCH3 is 1. The molecule has 4 nitrogen and oxygen atoms in total. The summed E-state index contributed by atoms with van der Waals surface area (Å²) in [5.41, 5.74) is 6.52.